The Kier molecular flexibility index (Phi) is 3.86. The Morgan fingerprint density at radius 3 is 2.79 bits per heavy atom. The SMILES string of the molecule is CC1CN(C(CN)C(=O)O)CCC1O. The van der Waals surface area contributed by atoms with Gasteiger partial charge in [0.2, 0.25) is 0 Å². The number of aliphatic carboxylic acids is 1. The van der Waals surface area contributed by atoms with Crippen molar-refractivity contribution in [2.45, 2.75) is 25.5 Å². The largest absolute Gasteiger partial charge is 0.480 e. The van der Waals surface area contributed by atoms with Gasteiger partial charge >= 0.3 is 5.97 Å². The van der Waals surface area contributed by atoms with E-state index in [2.05, 4.69) is 0 Å². The fraction of sp³-hybridized carbons (Fsp3) is 0.889. The Hall–Kier alpha value is -0.650. The molecule has 14 heavy (non-hydrogen) atoms. The number of hydrogen-bond donors (Lipinski definition) is 3. The lowest BCUT2D eigenvalue weighted by Gasteiger charge is -2.37. The van der Waals surface area contributed by atoms with Crippen LogP contribution in [0.4, 0.5) is 0 Å². The molecule has 1 saturated heterocycles. The normalized spacial score (nSPS) is 31.4. The minimum absolute atomic E-state index is 0.122. The Morgan fingerprint density at radius 2 is 2.36 bits per heavy atom. The van der Waals surface area contributed by atoms with Crippen LogP contribution >= 0.6 is 0 Å². The van der Waals surface area contributed by atoms with Crippen molar-refractivity contribution in [1.29, 1.82) is 0 Å². The van der Waals surface area contributed by atoms with Gasteiger partial charge in [-0.1, -0.05) is 6.92 Å². The van der Waals surface area contributed by atoms with Crippen molar-refractivity contribution in [1.82, 2.24) is 4.90 Å². The fourth-order valence-corrected chi connectivity index (χ4v) is 1.85. The molecule has 0 bridgehead atoms. The van der Waals surface area contributed by atoms with E-state index in [0.717, 1.165) is 0 Å². The van der Waals surface area contributed by atoms with E-state index in [9.17, 15) is 9.90 Å². The fourth-order valence-electron chi connectivity index (χ4n) is 1.85. The molecule has 1 aliphatic rings. The first-order valence-corrected chi connectivity index (χ1v) is 4.91. The molecule has 0 spiro atoms. The Labute approximate surface area is 83.5 Å². The van der Waals surface area contributed by atoms with Crippen LogP contribution in [0.2, 0.25) is 0 Å². The maximum atomic E-state index is 10.8. The number of likely N-dealkylation sites (tertiary alicyclic amines) is 1. The molecule has 0 aromatic rings. The highest BCUT2D eigenvalue weighted by Crippen LogP contribution is 2.18. The molecule has 82 valence electrons. The molecule has 4 N–H and O–H groups in total. The maximum Gasteiger partial charge on any atom is 0.322 e. The van der Waals surface area contributed by atoms with Crippen LogP contribution in [0.5, 0.6) is 0 Å². The quantitative estimate of drug-likeness (QED) is 0.552. The number of piperidine rings is 1. The van der Waals surface area contributed by atoms with Gasteiger partial charge in [-0.25, -0.2) is 0 Å². The third kappa shape index (κ3) is 2.43. The van der Waals surface area contributed by atoms with Gasteiger partial charge < -0.3 is 15.9 Å². The van der Waals surface area contributed by atoms with Gasteiger partial charge in [-0.05, 0) is 12.3 Å². The van der Waals surface area contributed by atoms with E-state index in [-0.39, 0.29) is 18.6 Å². The lowest BCUT2D eigenvalue weighted by molar-refractivity contribution is -0.144. The molecule has 3 unspecified atom stereocenters. The van der Waals surface area contributed by atoms with E-state index in [0.29, 0.717) is 19.5 Å². The molecule has 1 rings (SSSR count). The first-order chi connectivity index (χ1) is 6.56. The average Bonchev–Trinajstić information content (AvgIpc) is 2.11. The summed E-state index contributed by atoms with van der Waals surface area (Å²) in [5, 5.41) is 18.4. The number of nitrogens with two attached hydrogens (primary N) is 1. The summed E-state index contributed by atoms with van der Waals surface area (Å²) in [6, 6.07) is -0.607. The van der Waals surface area contributed by atoms with Crippen molar-refractivity contribution in [3.8, 4) is 0 Å². The first-order valence-electron chi connectivity index (χ1n) is 4.91. The van der Waals surface area contributed by atoms with Crippen molar-refractivity contribution in [3.05, 3.63) is 0 Å². The summed E-state index contributed by atoms with van der Waals surface area (Å²) in [4.78, 5) is 12.7. The topological polar surface area (TPSA) is 86.8 Å². The van der Waals surface area contributed by atoms with E-state index < -0.39 is 12.0 Å². The standard InChI is InChI=1S/C9H18N2O3/c1-6-5-11(3-2-8(6)12)7(4-10)9(13)14/h6-8,12H,2-5,10H2,1H3,(H,13,14). The zero-order chi connectivity index (χ0) is 10.7. The molecular formula is C9H18N2O3. The van der Waals surface area contributed by atoms with Crippen LogP contribution in [-0.4, -0.2) is 52.9 Å². The Morgan fingerprint density at radius 1 is 1.71 bits per heavy atom. The molecule has 1 fully saturated rings. The number of rotatable bonds is 3. The number of carboxylic acids is 1. The molecular weight excluding hydrogens is 184 g/mol. The zero-order valence-electron chi connectivity index (χ0n) is 8.39. The lowest BCUT2D eigenvalue weighted by atomic mass is 9.95. The van der Waals surface area contributed by atoms with Crippen LogP contribution < -0.4 is 5.73 Å². The van der Waals surface area contributed by atoms with E-state index in [1.54, 1.807) is 0 Å². The third-order valence-corrected chi connectivity index (χ3v) is 2.84. The van der Waals surface area contributed by atoms with Gasteiger partial charge in [-0.2, -0.15) is 0 Å². The van der Waals surface area contributed by atoms with Gasteiger partial charge in [0, 0.05) is 19.6 Å². The van der Waals surface area contributed by atoms with Crippen LogP contribution in [0, 0.1) is 5.92 Å². The number of aliphatic hydroxyl groups excluding tert-OH is 1. The van der Waals surface area contributed by atoms with Gasteiger partial charge in [0.05, 0.1) is 6.10 Å². The number of nitrogens with zero attached hydrogens (tertiary/aromatic N) is 1. The molecule has 1 heterocycles. The average molecular weight is 202 g/mol. The lowest BCUT2D eigenvalue weighted by Crippen LogP contribution is -2.52. The summed E-state index contributed by atoms with van der Waals surface area (Å²) in [5.74, 6) is -0.756. The number of carbonyl (C=O) groups is 1. The molecule has 0 saturated carbocycles. The van der Waals surface area contributed by atoms with E-state index >= 15 is 0 Å². The zero-order valence-corrected chi connectivity index (χ0v) is 8.39. The summed E-state index contributed by atoms with van der Waals surface area (Å²) in [7, 11) is 0. The minimum atomic E-state index is -0.879. The number of aliphatic hydroxyl groups is 1. The first kappa shape index (κ1) is 11.4. The maximum absolute atomic E-state index is 10.8. The summed E-state index contributed by atoms with van der Waals surface area (Å²) in [5.41, 5.74) is 5.40. The second-order valence-electron chi connectivity index (χ2n) is 3.92. The van der Waals surface area contributed by atoms with Crippen LogP contribution in [0.25, 0.3) is 0 Å². The van der Waals surface area contributed by atoms with Crippen molar-refractivity contribution < 1.29 is 15.0 Å². The molecule has 0 aromatic carbocycles. The van der Waals surface area contributed by atoms with E-state index in [1.807, 2.05) is 11.8 Å². The molecule has 5 heteroatoms. The molecule has 0 radical (unpaired) electrons. The highest BCUT2D eigenvalue weighted by atomic mass is 16.4. The summed E-state index contributed by atoms with van der Waals surface area (Å²) >= 11 is 0. The Balaban J connectivity index is 2.56. The molecule has 0 aliphatic carbocycles. The second kappa shape index (κ2) is 4.72. The number of carboxylic acid groups (broad SMARTS) is 1. The van der Waals surface area contributed by atoms with Gasteiger partial charge in [-0.3, -0.25) is 9.69 Å². The second-order valence-corrected chi connectivity index (χ2v) is 3.92. The van der Waals surface area contributed by atoms with Crippen molar-refractivity contribution in [3.63, 3.8) is 0 Å². The third-order valence-electron chi connectivity index (χ3n) is 2.84. The molecule has 3 atom stereocenters. The van der Waals surface area contributed by atoms with Gasteiger partial charge in [-0.15, -0.1) is 0 Å². The van der Waals surface area contributed by atoms with Gasteiger partial charge in [0.25, 0.3) is 0 Å². The summed E-state index contributed by atoms with van der Waals surface area (Å²) < 4.78 is 0. The van der Waals surface area contributed by atoms with Crippen LogP contribution in [0.3, 0.4) is 0 Å². The Bertz CT molecular complexity index is 210. The predicted octanol–water partition coefficient (Wildman–Crippen LogP) is -0.899. The number of hydrogen-bond acceptors (Lipinski definition) is 4. The van der Waals surface area contributed by atoms with Crippen LogP contribution in [-0.2, 0) is 4.79 Å². The summed E-state index contributed by atoms with van der Waals surface area (Å²) in [6.45, 7) is 3.26. The van der Waals surface area contributed by atoms with Crippen LogP contribution in [0.1, 0.15) is 13.3 Å². The van der Waals surface area contributed by atoms with Crippen molar-refractivity contribution >= 4 is 5.97 Å². The predicted molar refractivity (Wildman–Crippen MR) is 51.8 cm³/mol. The van der Waals surface area contributed by atoms with E-state index in [4.69, 9.17) is 10.8 Å². The van der Waals surface area contributed by atoms with Crippen molar-refractivity contribution in [2.24, 2.45) is 11.7 Å². The highest BCUT2D eigenvalue weighted by Gasteiger charge is 2.31. The molecule has 0 aromatic heterocycles. The molecule has 1 aliphatic heterocycles. The monoisotopic (exact) mass is 202 g/mol. The van der Waals surface area contributed by atoms with Crippen LogP contribution in [0.15, 0.2) is 0 Å². The van der Waals surface area contributed by atoms with E-state index in [1.165, 1.54) is 0 Å². The summed E-state index contributed by atoms with van der Waals surface area (Å²) in [6.07, 6.45) is 0.323. The van der Waals surface area contributed by atoms with Gasteiger partial charge in [0.15, 0.2) is 0 Å². The smallest absolute Gasteiger partial charge is 0.322 e. The molecule has 5 nitrogen and oxygen atoms in total. The molecule has 0 amide bonds. The van der Waals surface area contributed by atoms with Crippen molar-refractivity contribution in [2.75, 3.05) is 19.6 Å². The highest BCUT2D eigenvalue weighted by molar-refractivity contribution is 5.73. The van der Waals surface area contributed by atoms with Gasteiger partial charge in [0.1, 0.15) is 6.04 Å². The minimum Gasteiger partial charge on any atom is -0.480 e.